The van der Waals surface area contributed by atoms with Gasteiger partial charge in [0, 0.05) is 19.7 Å². The molecule has 12 heteroatoms. The molecular formula is C27H28Cl2N2O7S. The van der Waals surface area contributed by atoms with Crippen molar-refractivity contribution >= 4 is 45.0 Å². The Morgan fingerprint density at radius 3 is 2.46 bits per heavy atom. The van der Waals surface area contributed by atoms with Gasteiger partial charge in [-0.2, -0.15) is 8.42 Å². The lowest BCUT2D eigenvalue weighted by Gasteiger charge is -2.26. The third-order valence-electron chi connectivity index (χ3n) is 6.06. The van der Waals surface area contributed by atoms with Crippen LogP contribution < -0.4 is 19.0 Å². The maximum absolute atomic E-state index is 13.4. The number of amides is 2. The van der Waals surface area contributed by atoms with E-state index in [4.69, 9.17) is 41.6 Å². The third-order valence-corrected chi connectivity index (χ3v) is 8.03. The SMILES string of the molecule is COc1ccccc1NC(=O)N(Cc1ccc(OC)c(OS(=O)(=O)c2ccc(Cl)c(Cl)c2)c1)C[C@H]1CCCO1. The molecule has 1 aliphatic rings. The first-order chi connectivity index (χ1) is 18.7. The molecule has 3 aromatic carbocycles. The number of hydrogen-bond donors (Lipinski definition) is 1. The van der Waals surface area contributed by atoms with E-state index < -0.39 is 10.1 Å². The molecule has 208 valence electrons. The molecule has 0 aliphatic carbocycles. The summed E-state index contributed by atoms with van der Waals surface area (Å²) in [6.45, 7) is 1.12. The number of carbonyl (C=O) groups excluding carboxylic acids is 1. The van der Waals surface area contributed by atoms with Gasteiger partial charge in [-0.3, -0.25) is 0 Å². The van der Waals surface area contributed by atoms with E-state index in [0.717, 1.165) is 12.8 Å². The van der Waals surface area contributed by atoms with Gasteiger partial charge in [0.25, 0.3) is 0 Å². The van der Waals surface area contributed by atoms with Gasteiger partial charge in [-0.25, -0.2) is 4.79 Å². The Kier molecular flexibility index (Phi) is 9.45. The molecular weight excluding hydrogens is 567 g/mol. The van der Waals surface area contributed by atoms with E-state index >= 15 is 0 Å². The molecule has 9 nitrogen and oxygen atoms in total. The summed E-state index contributed by atoms with van der Waals surface area (Å²) in [7, 11) is -1.33. The summed E-state index contributed by atoms with van der Waals surface area (Å²) in [6, 6.07) is 15.4. The van der Waals surface area contributed by atoms with E-state index in [2.05, 4.69) is 5.32 Å². The predicted octanol–water partition coefficient (Wildman–Crippen LogP) is 5.99. The molecule has 1 heterocycles. The standard InChI is InChI=1S/C27H28Cl2N2O7S/c1-35-24-8-4-3-7-23(24)30-27(32)31(17-19-6-5-13-37-19)16-18-9-12-25(36-2)26(14-18)38-39(33,34)20-10-11-21(28)22(29)15-20/h3-4,7-12,14-15,19H,5-6,13,16-17H2,1-2H3,(H,30,32)/t19-/m1/s1. The van der Waals surface area contributed by atoms with Crippen LogP contribution in [0.5, 0.6) is 17.2 Å². The van der Waals surface area contributed by atoms with Crippen molar-refractivity contribution in [2.24, 2.45) is 0 Å². The lowest BCUT2D eigenvalue weighted by molar-refractivity contribution is 0.0819. The average Bonchev–Trinajstić information content (AvgIpc) is 3.43. The summed E-state index contributed by atoms with van der Waals surface area (Å²) in [5.41, 5.74) is 1.14. The van der Waals surface area contributed by atoms with Crippen molar-refractivity contribution in [3.8, 4) is 17.2 Å². The first-order valence-electron chi connectivity index (χ1n) is 12.1. The molecule has 1 atom stereocenters. The molecule has 1 aliphatic heterocycles. The zero-order valence-corrected chi connectivity index (χ0v) is 23.7. The molecule has 1 saturated heterocycles. The Hall–Kier alpha value is -3.18. The second kappa shape index (κ2) is 12.8. The number of halogens is 2. The van der Waals surface area contributed by atoms with E-state index in [1.165, 1.54) is 38.5 Å². The fourth-order valence-corrected chi connectivity index (χ4v) is 5.42. The predicted molar refractivity (Wildman–Crippen MR) is 149 cm³/mol. The first kappa shape index (κ1) is 28.8. The Morgan fingerprint density at radius 2 is 1.77 bits per heavy atom. The Labute approximate surface area is 237 Å². The van der Waals surface area contributed by atoms with Gasteiger partial charge in [-0.15, -0.1) is 0 Å². The van der Waals surface area contributed by atoms with Crippen molar-refractivity contribution in [3.63, 3.8) is 0 Å². The van der Waals surface area contributed by atoms with E-state index in [-0.39, 0.29) is 45.1 Å². The number of nitrogens with zero attached hydrogens (tertiary/aromatic N) is 1. The first-order valence-corrected chi connectivity index (χ1v) is 14.2. The van der Waals surface area contributed by atoms with Crippen LogP contribution in [-0.4, -0.2) is 52.8 Å². The maximum atomic E-state index is 13.4. The number of ether oxygens (including phenoxy) is 3. The van der Waals surface area contributed by atoms with Crippen LogP contribution in [-0.2, 0) is 21.4 Å². The van der Waals surface area contributed by atoms with Crippen molar-refractivity contribution in [1.29, 1.82) is 0 Å². The van der Waals surface area contributed by atoms with Crippen LogP contribution in [0, 0.1) is 0 Å². The maximum Gasteiger partial charge on any atom is 0.339 e. The zero-order valence-electron chi connectivity index (χ0n) is 21.4. The van der Waals surface area contributed by atoms with Crippen LogP contribution in [0.25, 0.3) is 0 Å². The normalized spacial score (nSPS) is 15.0. The monoisotopic (exact) mass is 594 g/mol. The molecule has 39 heavy (non-hydrogen) atoms. The number of methoxy groups -OCH3 is 2. The molecule has 1 fully saturated rings. The second-order valence-electron chi connectivity index (χ2n) is 8.74. The average molecular weight is 596 g/mol. The smallest absolute Gasteiger partial charge is 0.339 e. The van der Waals surface area contributed by atoms with E-state index in [0.29, 0.717) is 30.2 Å². The number of benzene rings is 3. The van der Waals surface area contributed by atoms with E-state index in [1.54, 1.807) is 35.2 Å². The van der Waals surface area contributed by atoms with Gasteiger partial charge in [0.2, 0.25) is 0 Å². The van der Waals surface area contributed by atoms with Crippen molar-refractivity contribution in [2.75, 3.05) is 32.7 Å². The fraction of sp³-hybridized carbons (Fsp3) is 0.296. The van der Waals surface area contributed by atoms with Crippen LogP contribution in [0.1, 0.15) is 18.4 Å². The molecule has 0 unspecified atom stereocenters. The van der Waals surface area contributed by atoms with Gasteiger partial charge in [0.05, 0.1) is 36.1 Å². The van der Waals surface area contributed by atoms with Crippen LogP contribution in [0.2, 0.25) is 10.0 Å². The van der Waals surface area contributed by atoms with Crippen molar-refractivity contribution in [2.45, 2.75) is 30.4 Å². The minimum atomic E-state index is -4.26. The number of hydrogen-bond acceptors (Lipinski definition) is 7. The van der Waals surface area contributed by atoms with Gasteiger partial charge in [-0.05, 0) is 60.9 Å². The van der Waals surface area contributed by atoms with Crippen molar-refractivity contribution < 1.29 is 31.6 Å². The summed E-state index contributed by atoms with van der Waals surface area (Å²) in [5, 5.41) is 3.19. The van der Waals surface area contributed by atoms with E-state index in [1.807, 2.05) is 6.07 Å². The highest BCUT2D eigenvalue weighted by Gasteiger charge is 2.25. The van der Waals surface area contributed by atoms with Crippen molar-refractivity contribution in [3.05, 3.63) is 76.3 Å². The number of para-hydroxylation sites is 2. The highest BCUT2D eigenvalue weighted by molar-refractivity contribution is 7.87. The topological polar surface area (TPSA) is 103 Å². The minimum absolute atomic E-state index is 0.0386. The number of urea groups is 1. The minimum Gasteiger partial charge on any atom is -0.495 e. The molecule has 0 saturated carbocycles. The molecule has 2 amide bonds. The van der Waals surface area contributed by atoms with Crippen LogP contribution >= 0.6 is 23.2 Å². The lowest BCUT2D eigenvalue weighted by atomic mass is 10.1. The summed E-state index contributed by atoms with van der Waals surface area (Å²) < 4.78 is 47.9. The Morgan fingerprint density at radius 1 is 1.00 bits per heavy atom. The largest absolute Gasteiger partial charge is 0.495 e. The van der Waals surface area contributed by atoms with Gasteiger partial charge in [0.1, 0.15) is 10.6 Å². The fourth-order valence-electron chi connectivity index (χ4n) is 4.10. The highest BCUT2D eigenvalue weighted by atomic mass is 35.5. The van der Waals surface area contributed by atoms with Crippen LogP contribution in [0.3, 0.4) is 0 Å². The number of carbonyl (C=O) groups is 1. The highest BCUT2D eigenvalue weighted by Crippen LogP contribution is 2.33. The summed E-state index contributed by atoms with van der Waals surface area (Å²) >= 11 is 11.9. The summed E-state index contributed by atoms with van der Waals surface area (Å²) in [6.07, 6.45) is 1.63. The van der Waals surface area contributed by atoms with Gasteiger partial charge >= 0.3 is 16.1 Å². The molecule has 4 rings (SSSR count). The lowest BCUT2D eigenvalue weighted by Crippen LogP contribution is -2.39. The third kappa shape index (κ3) is 7.27. The Balaban J connectivity index is 1.59. The second-order valence-corrected chi connectivity index (χ2v) is 11.1. The quantitative estimate of drug-likeness (QED) is 0.287. The molecule has 0 aromatic heterocycles. The molecule has 0 bridgehead atoms. The number of rotatable bonds is 10. The van der Waals surface area contributed by atoms with Gasteiger partial charge in [-0.1, -0.05) is 41.4 Å². The molecule has 3 aromatic rings. The summed E-state index contributed by atoms with van der Waals surface area (Å²) in [5.74, 6) is 0.686. The zero-order chi connectivity index (χ0) is 28.0. The van der Waals surface area contributed by atoms with Crippen LogP contribution in [0.15, 0.2) is 65.6 Å². The van der Waals surface area contributed by atoms with Crippen LogP contribution in [0.4, 0.5) is 10.5 Å². The molecule has 1 N–H and O–H groups in total. The molecule has 0 spiro atoms. The summed E-state index contributed by atoms with van der Waals surface area (Å²) in [4.78, 5) is 14.8. The molecule has 0 radical (unpaired) electrons. The Bertz CT molecular complexity index is 1430. The van der Waals surface area contributed by atoms with Gasteiger partial charge < -0.3 is 28.6 Å². The number of nitrogens with one attached hydrogen (secondary N) is 1. The van der Waals surface area contributed by atoms with Crippen molar-refractivity contribution in [1.82, 2.24) is 4.90 Å². The van der Waals surface area contributed by atoms with Gasteiger partial charge in [0.15, 0.2) is 11.5 Å². The number of anilines is 1. The van der Waals surface area contributed by atoms with E-state index in [9.17, 15) is 13.2 Å².